The van der Waals surface area contributed by atoms with Crippen molar-refractivity contribution >= 4 is 32.9 Å². The molecule has 4 atom stereocenters. The number of β-amino-alcohol motifs (C(OH)–C–C–N with tert-alkyl or cyclic N) is 1. The fraction of sp³-hybridized carbons (Fsp3) is 0.423. The molecule has 4 unspecified atom stereocenters. The second kappa shape index (κ2) is 11.5. The van der Waals surface area contributed by atoms with E-state index in [9.17, 15) is 28.2 Å². The molecule has 1 amide bonds. The molecule has 38 heavy (non-hydrogen) atoms. The van der Waals surface area contributed by atoms with Gasteiger partial charge in [0.15, 0.2) is 5.03 Å². The van der Waals surface area contributed by atoms with Gasteiger partial charge < -0.3 is 15.5 Å². The smallest absolute Gasteiger partial charge is 0.354 e. The van der Waals surface area contributed by atoms with Gasteiger partial charge in [-0.05, 0) is 54.7 Å². The van der Waals surface area contributed by atoms with Gasteiger partial charge in [0.25, 0.3) is 10.0 Å². The van der Waals surface area contributed by atoms with Crippen LogP contribution < -0.4 is 5.32 Å². The van der Waals surface area contributed by atoms with E-state index >= 15 is 0 Å². The van der Waals surface area contributed by atoms with E-state index in [2.05, 4.69) is 20.3 Å². The van der Waals surface area contributed by atoms with Gasteiger partial charge in [-0.1, -0.05) is 26.3 Å². The van der Waals surface area contributed by atoms with E-state index in [1.807, 2.05) is 13.8 Å². The molecule has 202 valence electrons. The number of sulfonamides is 1. The van der Waals surface area contributed by atoms with Crippen molar-refractivity contribution in [3.05, 3.63) is 60.0 Å². The fourth-order valence-electron chi connectivity index (χ4n) is 4.76. The zero-order chi connectivity index (χ0) is 27.4. The third-order valence-corrected chi connectivity index (χ3v) is 8.79. The number of carbonyl (C=O) groups is 2. The maximum absolute atomic E-state index is 13.7. The Kier molecular flexibility index (Phi) is 8.34. The number of amides is 1. The molecule has 0 radical (unpaired) electrons. The van der Waals surface area contributed by atoms with E-state index in [0.717, 1.165) is 0 Å². The predicted octanol–water partition coefficient (Wildman–Crippen LogP) is 2.18. The molecule has 0 spiro atoms. The summed E-state index contributed by atoms with van der Waals surface area (Å²) in [7, 11) is -3.90. The minimum Gasteiger partial charge on any atom is -0.477 e. The first-order valence-corrected chi connectivity index (χ1v) is 14.0. The summed E-state index contributed by atoms with van der Waals surface area (Å²) < 4.78 is 27.3. The van der Waals surface area contributed by atoms with E-state index in [1.165, 1.54) is 22.6 Å². The molecule has 1 aliphatic rings. The lowest BCUT2D eigenvalue weighted by molar-refractivity contribution is -0.125. The van der Waals surface area contributed by atoms with Crippen LogP contribution in [0.2, 0.25) is 0 Å². The van der Waals surface area contributed by atoms with E-state index in [0.29, 0.717) is 35.9 Å². The van der Waals surface area contributed by atoms with Crippen molar-refractivity contribution in [3.63, 3.8) is 0 Å². The summed E-state index contributed by atoms with van der Waals surface area (Å²) in [4.78, 5) is 37.7. The van der Waals surface area contributed by atoms with Crippen molar-refractivity contribution in [2.24, 2.45) is 5.92 Å². The van der Waals surface area contributed by atoms with Gasteiger partial charge in [0.05, 0.1) is 29.1 Å². The van der Waals surface area contributed by atoms with Gasteiger partial charge >= 0.3 is 5.97 Å². The largest absolute Gasteiger partial charge is 0.477 e. The van der Waals surface area contributed by atoms with Gasteiger partial charge in [0.1, 0.15) is 5.69 Å². The second-order valence-electron chi connectivity index (χ2n) is 9.49. The molecule has 12 heteroatoms. The summed E-state index contributed by atoms with van der Waals surface area (Å²) in [6, 6.07) is 8.55. The van der Waals surface area contributed by atoms with Crippen LogP contribution in [0.25, 0.3) is 11.0 Å². The van der Waals surface area contributed by atoms with Crippen molar-refractivity contribution in [2.75, 3.05) is 13.1 Å². The number of hydrogen-bond acceptors (Lipinski definition) is 8. The topological polar surface area (TPSA) is 163 Å². The second-order valence-corrected chi connectivity index (χ2v) is 11.4. The number of aromatic carboxylic acids is 1. The number of aliphatic hydroxyl groups is 1. The molecule has 1 fully saturated rings. The first-order chi connectivity index (χ1) is 18.1. The zero-order valence-corrected chi connectivity index (χ0v) is 22.0. The number of carboxylic acids is 1. The molecule has 4 rings (SSSR count). The minimum absolute atomic E-state index is 0.0932. The molecular formula is C26H31N5O6S. The molecule has 3 aromatic rings. The van der Waals surface area contributed by atoms with E-state index < -0.39 is 34.1 Å². The molecule has 11 nitrogen and oxygen atoms in total. The fourth-order valence-corrected chi connectivity index (χ4v) is 6.18. The Morgan fingerprint density at radius 1 is 1.16 bits per heavy atom. The van der Waals surface area contributed by atoms with Crippen molar-refractivity contribution in [1.29, 1.82) is 0 Å². The number of hydrogen-bond donors (Lipinski definition) is 3. The highest BCUT2D eigenvalue weighted by Crippen LogP contribution is 2.32. The summed E-state index contributed by atoms with van der Waals surface area (Å²) in [6.07, 6.45) is 3.29. The lowest BCUT2D eigenvalue weighted by Gasteiger charge is -2.29. The normalized spacial score (nSPS) is 20.4. The van der Waals surface area contributed by atoms with Crippen LogP contribution in [-0.2, 0) is 14.8 Å². The first kappa shape index (κ1) is 27.6. The van der Waals surface area contributed by atoms with Gasteiger partial charge in [0.2, 0.25) is 5.91 Å². The number of rotatable bonds is 8. The highest BCUT2D eigenvalue weighted by atomic mass is 32.2. The summed E-state index contributed by atoms with van der Waals surface area (Å²) >= 11 is 0. The number of aromatic nitrogens is 3. The van der Waals surface area contributed by atoms with E-state index in [-0.39, 0.29) is 35.6 Å². The average molecular weight is 542 g/mol. The average Bonchev–Trinajstić information content (AvgIpc) is 3.10. The summed E-state index contributed by atoms with van der Waals surface area (Å²) in [5, 5.41) is 23.2. The molecule has 3 N–H and O–H groups in total. The van der Waals surface area contributed by atoms with E-state index in [1.54, 1.807) is 30.5 Å². The number of nitrogens with zero attached hydrogens (tertiary/aromatic N) is 4. The maximum atomic E-state index is 13.7. The number of aliphatic hydroxyl groups excluding tert-OH is 1. The van der Waals surface area contributed by atoms with Crippen molar-refractivity contribution in [2.45, 2.75) is 56.2 Å². The lowest BCUT2D eigenvalue weighted by Crippen LogP contribution is -2.49. The van der Waals surface area contributed by atoms with Crippen molar-refractivity contribution in [1.82, 2.24) is 24.6 Å². The number of carbonyl (C=O) groups excluding carboxylic acids is 1. The van der Waals surface area contributed by atoms with Crippen LogP contribution >= 0.6 is 0 Å². The monoisotopic (exact) mass is 541 g/mol. The Labute approximate surface area is 221 Å². The van der Waals surface area contributed by atoms with Gasteiger partial charge in [-0.2, -0.15) is 4.31 Å². The summed E-state index contributed by atoms with van der Waals surface area (Å²) in [6.45, 7) is 3.88. The number of nitrogens with one attached hydrogen (secondary N) is 1. The van der Waals surface area contributed by atoms with Crippen molar-refractivity contribution in [3.8, 4) is 0 Å². The third-order valence-electron chi connectivity index (χ3n) is 7.01. The number of fused-ring (bicyclic) bond motifs is 1. The quantitative estimate of drug-likeness (QED) is 0.388. The van der Waals surface area contributed by atoms with Crippen LogP contribution in [0.3, 0.4) is 0 Å². The first-order valence-electron chi connectivity index (χ1n) is 12.5. The number of pyridine rings is 3. The van der Waals surface area contributed by atoms with Crippen LogP contribution in [0.15, 0.2) is 53.8 Å². The molecule has 0 bridgehead atoms. The highest BCUT2D eigenvalue weighted by Gasteiger charge is 2.36. The van der Waals surface area contributed by atoms with Gasteiger partial charge in [0, 0.05) is 25.5 Å². The van der Waals surface area contributed by atoms with E-state index in [4.69, 9.17) is 0 Å². The van der Waals surface area contributed by atoms with Crippen LogP contribution in [0, 0.1) is 5.92 Å². The Morgan fingerprint density at radius 3 is 2.63 bits per heavy atom. The summed E-state index contributed by atoms with van der Waals surface area (Å²) in [5.41, 5.74) is 1.20. The molecule has 0 aliphatic carbocycles. The molecule has 1 saturated heterocycles. The van der Waals surface area contributed by atoms with Gasteiger partial charge in [-0.3, -0.25) is 9.78 Å². The molecule has 0 saturated carbocycles. The Bertz CT molecular complexity index is 1420. The van der Waals surface area contributed by atoms with Crippen LogP contribution in [0.1, 0.15) is 55.1 Å². The Morgan fingerprint density at radius 2 is 1.95 bits per heavy atom. The third kappa shape index (κ3) is 5.66. The van der Waals surface area contributed by atoms with Crippen LogP contribution in [0.5, 0.6) is 0 Å². The number of carboxylic acid groups (broad SMARTS) is 1. The minimum atomic E-state index is -3.90. The van der Waals surface area contributed by atoms with Crippen molar-refractivity contribution < 1.29 is 28.2 Å². The highest BCUT2D eigenvalue weighted by molar-refractivity contribution is 7.89. The standard InChI is InChI=1S/C26H31N5O6S/c1-3-16(2)23(17-11-13-27-19-9-10-20(26(34)35)29-24(17)19)25(33)30-18-7-6-14-31(15-21(18)32)38(36,37)22-8-4-5-12-28-22/h4-5,8-13,16,18,21,23,32H,3,6-7,14-15H2,1-2H3,(H,30,33)(H,34,35). The molecule has 3 aromatic heterocycles. The Hall–Kier alpha value is -3.48. The van der Waals surface area contributed by atoms with Crippen LogP contribution in [0.4, 0.5) is 0 Å². The summed E-state index contributed by atoms with van der Waals surface area (Å²) in [5.74, 6) is -2.36. The maximum Gasteiger partial charge on any atom is 0.354 e. The molecule has 1 aliphatic heterocycles. The molecule has 0 aromatic carbocycles. The molecular weight excluding hydrogens is 510 g/mol. The lowest BCUT2D eigenvalue weighted by atomic mass is 9.84. The Balaban J connectivity index is 1.59. The zero-order valence-electron chi connectivity index (χ0n) is 21.2. The van der Waals surface area contributed by atoms with Gasteiger partial charge in [-0.25, -0.2) is 23.2 Å². The SMILES string of the molecule is CCC(C)C(C(=O)NC1CCCN(S(=O)(=O)c2ccccn2)CC1O)c1ccnc2ccc(C(=O)O)nc12. The predicted molar refractivity (Wildman–Crippen MR) is 139 cm³/mol. The van der Waals surface area contributed by atoms with Crippen LogP contribution in [-0.4, -0.2) is 75.0 Å². The van der Waals surface area contributed by atoms with Gasteiger partial charge in [-0.15, -0.1) is 0 Å². The molecule has 4 heterocycles.